The van der Waals surface area contributed by atoms with Gasteiger partial charge in [0.1, 0.15) is 0 Å². The SMILES string of the molecule is CN1CC[C@]2(c3ccc(OCC4CC4)c(OC4CCCC4)c3)CCCCC12. The van der Waals surface area contributed by atoms with E-state index in [-0.39, 0.29) is 0 Å². The molecule has 0 N–H and O–H groups in total. The van der Waals surface area contributed by atoms with Crippen LogP contribution in [0.25, 0.3) is 0 Å². The summed E-state index contributed by atoms with van der Waals surface area (Å²) < 4.78 is 12.7. The number of hydrogen-bond acceptors (Lipinski definition) is 3. The van der Waals surface area contributed by atoms with Gasteiger partial charge in [0.2, 0.25) is 0 Å². The van der Waals surface area contributed by atoms with Gasteiger partial charge in [0.25, 0.3) is 0 Å². The lowest BCUT2D eigenvalue weighted by atomic mass is 9.66. The quantitative estimate of drug-likeness (QED) is 0.678. The van der Waals surface area contributed by atoms with Gasteiger partial charge in [-0.25, -0.2) is 0 Å². The van der Waals surface area contributed by atoms with Crippen molar-refractivity contribution in [3.8, 4) is 11.5 Å². The molecule has 0 radical (unpaired) electrons. The van der Waals surface area contributed by atoms with Crippen LogP contribution in [0.15, 0.2) is 18.2 Å². The molecule has 1 aromatic rings. The van der Waals surface area contributed by atoms with Crippen molar-refractivity contribution in [2.24, 2.45) is 5.92 Å². The molecule has 0 spiro atoms. The van der Waals surface area contributed by atoms with E-state index in [4.69, 9.17) is 9.47 Å². The molecular weight excluding hydrogens is 334 g/mol. The minimum atomic E-state index is 0.329. The van der Waals surface area contributed by atoms with Crippen LogP contribution in [0.3, 0.4) is 0 Å². The Morgan fingerprint density at radius 1 is 0.963 bits per heavy atom. The third-order valence-electron chi connectivity index (χ3n) is 7.72. The summed E-state index contributed by atoms with van der Waals surface area (Å²) in [6.45, 7) is 2.08. The topological polar surface area (TPSA) is 21.7 Å². The molecule has 1 saturated heterocycles. The van der Waals surface area contributed by atoms with E-state index in [1.165, 1.54) is 82.7 Å². The van der Waals surface area contributed by atoms with Gasteiger partial charge in [-0.1, -0.05) is 18.9 Å². The van der Waals surface area contributed by atoms with Gasteiger partial charge in [-0.3, -0.25) is 0 Å². The second kappa shape index (κ2) is 7.31. The van der Waals surface area contributed by atoms with Crippen molar-refractivity contribution in [1.29, 1.82) is 0 Å². The lowest BCUT2D eigenvalue weighted by Gasteiger charge is -2.42. The molecule has 1 aliphatic heterocycles. The Bertz CT molecular complexity index is 660. The Balaban J connectivity index is 1.44. The van der Waals surface area contributed by atoms with Crippen molar-refractivity contribution in [2.75, 3.05) is 20.2 Å². The highest BCUT2D eigenvalue weighted by Crippen LogP contribution is 2.50. The standard InChI is InChI=1S/C24H35NO2/c1-25-15-14-24(13-5-4-8-23(24)25)19-11-12-21(26-17-18-9-10-18)22(16-19)27-20-6-2-3-7-20/h11-12,16,18,20,23H,2-10,13-15,17H2,1H3/t23?,24-/m0/s1. The Labute approximate surface area is 164 Å². The molecule has 3 aliphatic carbocycles. The smallest absolute Gasteiger partial charge is 0.161 e. The predicted molar refractivity (Wildman–Crippen MR) is 109 cm³/mol. The highest BCUT2D eigenvalue weighted by molar-refractivity contribution is 5.47. The molecule has 0 aromatic heterocycles. The fourth-order valence-corrected chi connectivity index (χ4v) is 5.87. The first-order chi connectivity index (χ1) is 13.2. The first-order valence-electron chi connectivity index (χ1n) is 11.4. The van der Waals surface area contributed by atoms with E-state index >= 15 is 0 Å². The van der Waals surface area contributed by atoms with E-state index in [1.807, 2.05) is 0 Å². The number of likely N-dealkylation sites (tertiary alicyclic amines) is 1. The van der Waals surface area contributed by atoms with Crippen LogP contribution in [0.5, 0.6) is 11.5 Å². The Hall–Kier alpha value is -1.22. The van der Waals surface area contributed by atoms with Crippen LogP contribution in [-0.4, -0.2) is 37.2 Å². The highest BCUT2D eigenvalue weighted by atomic mass is 16.5. The Morgan fingerprint density at radius 3 is 2.59 bits per heavy atom. The van der Waals surface area contributed by atoms with Crippen molar-refractivity contribution < 1.29 is 9.47 Å². The minimum absolute atomic E-state index is 0.329. The number of rotatable bonds is 6. The maximum atomic E-state index is 6.52. The van der Waals surface area contributed by atoms with Crippen molar-refractivity contribution in [3.05, 3.63) is 23.8 Å². The first kappa shape index (κ1) is 17.8. The van der Waals surface area contributed by atoms with Gasteiger partial charge in [0, 0.05) is 11.5 Å². The van der Waals surface area contributed by atoms with E-state index in [1.54, 1.807) is 0 Å². The summed E-state index contributed by atoms with van der Waals surface area (Å²) in [4.78, 5) is 2.61. The molecule has 4 fully saturated rings. The number of ether oxygens (including phenoxy) is 2. The van der Waals surface area contributed by atoms with E-state index in [0.29, 0.717) is 17.6 Å². The molecule has 1 aromatic carbocycles. The number of benzene rings is 1. The largest absolute Gasteiger partial charge is 0.489 e. The van der Waals surface area contributed by atoms with E-state index < -0.39 is 0 Å². The number of fused-ring (bicyclic) bond motifs is 1. The summed E-state index contributed by atoms with van der Waals surface area (Å²) in [6.07, 6.45) is 14.7. The van der Waals surface area contributed by atoms with Crippen LogP contribution in [0.4, 0.5) is 0 Å². The van der Waals surface area contributed by atoms with E-state index in [9.17, 15) is 0 Å². The minimum Gasteiger partial charge on any atom is -0.489 e. The molecule has 3 saturated carbocycles. The van der Waals surface area contributed by atoms with Crippen molar-refractivity contribution >= 4 is 0 Å². The fourth-order valence-electron chi connectivity index (χ4n) is 5.87. The second-order valence-electron chi connectivity index (χ2n) is 9.59. The van der Waals surface area contributed by atoms with Gasteiger partial charge in [-0.2, -0.15) is 0 Å². The van der Waals surface area contributed by atoms with Crippen LogP contribution >= 0.6 is 0 Å². The van der Waals surface area contributed by atoms with Gasteiger partial charge in [-0.05, 0) is 95.0 Å². The molecule has 1 unspecified atom stereocenters. The van der Waals surface area contributed by atoms with Gasteiger partial charge >= 0.3 is 0 Å². The molecular formula is C24H35NO2. The molecule has 1 heterocycles. The van der Waals surface area contributed by atoms with Crippen LogP contribution in [0.1, 0.15) is 76.2 Å². The summed E-state index contributed by atoms with van der Waals surface area (Å²) in [5.74, 6) is 2.77. The molecule has 2 atom stereocenters. The van der Waals surface area contributed by atoms with Crippen LogP contribution in [0, 0.1) is 5.92 Å². The van der Waals surface area contributed by atoms with Crippen molar-refractivity contribution in [3.63, 3.8) is 0 Å². The Morgan fingerprint density at radius 2 is 1.78 bits per heavy atom. The van der Waals surface area contributed by atoms with Gasteiger partial charge < -0.3 is 14.4 Å². The maximum Gasteiger partial charge on any atom is 0.161 e. The van der Waals surface area contributed by atoms with Gasteiger partial charge in [0.15, 0.2) is 11.5 Å². The summed E-state index contributed by atoms with van der Waals surface area (Å²) >= 11 is 0. The maximum absolute atomic E-state index is 6.52. The Kier molecular flexibility index (Phi) is 4.83. The molecule has 0 amide bonds. The van der Waals surface area contributed by atoms with E-state index in [0.717, 1.165) is 24.0 Å². The zero-order valence-electron chi connectivity index (χ0n) is 16.9. The summed E-state index contributed by atoms with van der Waals surface area (Å²) in [5.41, 5.74) is 1.83. The lowest BCUT2D eigenvalue weighted by Crippen LogP contribution is -2.43. The highest BCUT2D eigenvalue weighted by Gasteiger charge is 2.48. The third-order valence-corrected chi connectivity index (χ3v) is 7.72. The monoisotopic (exact) mass is 369 g/mol. The van der Waals surface area contributed by atoms with Gasteiger partial charge in [0.05, 0.1) is 12.7 Å². The van der Waals surface area contributed by atoms with Gasteiger partial charge in [-0.15, -0.1) is 0 Å². The number of nitrogens with zero attached hydrogens (tertiary/aromatic N) is 1. The van der Waals surface area contributed by atoms with Crippen LogP contribution < -0.4 is 9.47 Å². The molecule has 0 bridgehead atoms. The zero-order valence-corrected chi connectivity index (χ0v) is 16.9. The molecule has 27 heavy (non-hydrogen) atoms. The normalized spacial score (nSPS) is 31.8. The number of likely N-dealkylation sites (N-methyl/N-ethyl adjacent to an activating group) is 1. The molecule has 3 nitrogen and oxygen atoms in total. The fraction of sp³-hybridized carbons (Fsp3) is 0.750. The van der Waals surface area contributed by atoms with Crippen LogP contribution in [-0.2, 0) is 5.41 Å². The summed E-state index contributed by atoms with van der Waals surface area (Å²) in [7, 11) is 2.32. The molecule has 148 valence electrons. The average Bonchev–Trinajstić information content (AvgIpc) is 3.27. The summed E-state index contributed by atoms with van der Waals surface area (Å²) in [6, 6.07) is 7.66. The molecule has 5 rings (SSSR count). The molecule has 4 aliphatic rings. The zero-order chi connectivity index (χ0) is 18.3. The van der Waals surface area contributed by atoms with E-state index in [2.05, 4.69) is 30.1 Å². The predicted octanol–water partition coefficient (Wildman–Crippen LogP) is 5.31. The van der Waals surface area contributed by atoms with Crippen molar-refractivity contribution in [1.82, 2.24) is 4.90 Å². The van der Waals surface area contributed by atoms with Crippen LogP contribution in [0.2, 0.25) is 0 Å². The average molecular weight is 370 g/mol. The first-order valence-corrected chi connectivity index (χ1v) is 11.4. The number of hydrogen-bond donors (Lipinski definition) is 0. The molecule has 3 heteroatoms. The summed E-state index contributed by atoms with van der Waals surface area (Å²) in [5, 5.41) is 0. The van der Waals surface area contributed by atoms with Crippen molar-refractivity contribution in [2.45, 2.75) is 88.2 Å². The lowest BCUT2D eigenvalue weighted by molar-refractivity contribution is 0.177. The second-order valence-corrected chi connectivity index (χ2v) is 9.59. The third kappa shape index (κ3) is 3.48.